The third kappa shape index (κ3) is 8.82. The second-order valence-electron chi connectivity index (χ2n) is 0.0403. The first-order valence-corrected chi connectivity index (χ1v) is 6.12. The molecule has 0 aliphatic heterocycles. The zero-order valence-electron chi connectivity index (χ0n) is 1.53. The molecule has 34 valence electrons. The number of rotatable bonds is 0. The summed E-state index contributed by atoms with van der Waals surface area (Å²) < 4.78 is 0. The Kier molecular flexibility index (Phi) is 22.3. The summed E-state index contributed by atoms with van der Waals surface area (Å²) in [6.45, 7) is 0. The Morgan fingerprint density at radius 3 is 1.75 bits per heavy atom. The molecule has 0 saturated heterocycles. The van der Waals surface area contributed by atoms with Crippen molar-refractivity contribution in [3.8, 4) is 0 Å². The van der Waals surface area contributed by atoms with Gasteiger partial charge in [-0.15, -0.1) is 0 Å². The van der Waals surface area contributed by atoms with E-state index < -0.39 is 0 Å². The van der Waals surface area contributed by atoms with Gasteiger partial charge in [-0.25, -0.2) is 0 Å². The molecule has 0 bridgehead atoms. The van der Waals surface area contributed by atoms with Crippen LogP contribution in [0.15, 0.2) is 0 Å². The second kappa shape index (κ2) is 9.13. The molecule has 0 aliphatic carbocycles. The summed E-state index contributed by atoms with van der Waals surface area (Å²) >= 11 is 5.84. The van der Waals surface area contributed by atoms with Crippen LogP contribution in [-0.2, 0) is 43.3 Å². The van der Waals surface area contributed by atoms with Crippen molar-refractivity contribution < 1.29 is 43.3 Å². The monoisotopic (exact) mass is 440 g/mol. The van der Waals surface area contributed by atoms with Crippen molar-refractivity contribution in [1.82, 2.24) is 0 Å². The summed E-state index contributed by atoms with van der Waals surface area (Å²) in [5.74, 6) is 0. The van der Waals surface area contributed by atoms with Gasteiger partial charge in [0.25, 0.3) is 0 Å². The average molecular weight is 437 g/mol. The maximum atomic E-state index is 3.49. The minimum absolute atomic E-state index is 0. The maximum absolute atomic E-state index is 3.49. The fraction of sp³-hybridized carbons (Fsp3) is 0. The Labute approximate surface area is 65.8 Å². The molecular weight excluding hydrogens is 435 g/mol. The van der Waals surface area contributed by atoms with Crippen molar-refractivity contribution >= 4 is 23.7 Å². The quantitative estimate of drug-likeness (QED) is 0.430. The van der Waals surface area contributed by atoms with Gasteiger partial charge in [-0.05, 0) is 0 Å². The van der Waals surface area contributed by atoms with E-state index in [4.69, 9.17) is 0 Å². The van der Waals surface area contributed by atoms with Gasteiger partial charge >= 0.3 is 67.0 Å². The molecule has 0 rings (SSSR count). The van der Waals surface area contributed by atoms with E-state index >= 15 is 0 Å². The Balaban J connectivity index is 0. The summed E-state index contributed by atoms with van der Waals surface area (Å²) in [5, 5.41) is 0. The van der Waals surface area contributed by atoms with Gasteiger partial charge in [-0.1, -0.05) is 0 Å². The van der Waals surface area contributed by atoms with Crippen molar-refractivity contribution in [2.45, 2.75) is 0 Å². The first-order valence-electron chi connectivity index (χ1n) is 0.248. The van der Waals surface area contributed by atoms with E-state index in [0.29, 0.717) is 0 Å². The summed E-state index contributed by atoms with van der Waals surface area (Å²) in [4.78, 5) is 0. The minimum atomic E-state index is 0. The Morgan fingerprint density at radius 2 is 1.75 bits per heavy atom. The van der Waals surface area contributed by atoms with Gasteiger partial charge in [0.1, 0.15) is 0 Å². The Bertz CT molecular complexity index is 8.00. The Morgan fingerprint density at radius 1 is 1.75 bits per heavy atom. The fourth-order valence-electron chi connectivity index (χ4n) is 0. The van der Waals surface area contributed by atoms with Gasteiger partial charge in [-0.3, -0.25) is 0 Å². The molecule has 0 aromatic rings. The van der Waals surface area contributed by atoms with E-state index in [1.54, 1.807) is 0 Å². The number of hydrogen-bond acceptors (Lipinski definition) is 0. The fourth-order valence-corrected chi connectivity index (χ4v) is 0. The van der Waals surface area contributed by atoms with Gasteiger partial charge in [0.2, 0.25) is 0 Å². The van der Waals surface area contributed by atoms with Gasteiger partial charge in [0.05, 0.1) is 0 Å². The second-order valence-corrected chi connectivity index (χ2v) is 5.61. The average Bonchev–Trinajstić information content (AvgIpc) is 0.918. The van der Waals surface area contributed by atoms with Crippen molar-refractivity contribution in [2.75, 3.05) is 0 Å². The van der Waals surface area contributed by atoms with Crippen LogP contribution in [0.2, 0.25) is 0 Å². The van der Waals surface area contributed by atoms with E-state index in [9.17, 15) is 0 Å². The van der Waals surface area contributed by atoms with E-state index in [0.717, 1.165) is 10.2 Å². The van der Waals surface area contributed by atoms with E-state index in [-0.39, 0.29) is 23.7 Å². The zero-order valence-corrected chi connectivity index (χ0v) is 8.84. The molecule has 0 heterocycles. The van der Waals surface area contributed by atoms with Crippen LogP contribution in [0.1, 0.15) is 0 Å². The summed E-state index contributed by atoms with van der Waals surface area (Å²) in [6.07, 6.45) is 0. The van der Waals surface area contributed by atoms with Gasteiger partial charge in [0.15, 0.2) is 0 Å². The van der Waals surface area contributed by atoms with Crippen LogP contribution in [0, 0.1) is 0 Å². The van der Waals surface area contributed by atoms with Crippen molar-refractivity contribution in [3.05, 3.63) is 0 Å². The van der Waals surface area contributed by atoms with Crippen LogP contribution < -0.4 is 0 Å². The standard InChI is InChI=1S/Au.Fe.Mn.H2Te/h;;;1H2. The predicted molar refractivity (Wildman–Crippen MR) is 8.54 cm³/mol. The predicted octanol–water partition coefficient (Wildman–Crippen LogP) is -0.924. The third-order valence-electron chi connectivity index (χ3n) is 0. The number of hydrogen-bond donors (Lipinski definition) is 0. The van der Waals surface area contributed by atoms with Crippen LogP contribution in [0.3, 0.4) is 0 Å². The summed E-state index contributed by atoms with van der Waals surface area (Å²) in [5.41, 5.74) is 0. The topological polar surface area (TPSA) is 0 Å². The van der Waals surface area contributed by atoms with Crippen LogP contribution in [0.25, 0.3) is 0 Å². The van der Waals surface area contributed by atoms with Crippen LogP contribution in [-0.4, -0.2) is 23.7 Å². The Hall–Kier alpha value is 2.57. The molecule has 0 spiro atoms. The van der Waals surface area contributed by atoms with Crippen LogP contribution in [0.5, 0.6) is 0 Å². The van der Waals surface area contributed by atoms with Crippen molar-refractivity contribution in [2.24, 2.45) is 0 Å². The first-order chi connectivity index (χ1) is 1.41. The van der Waals surface area contributed by atoms with E-state index in [2.05, 4.69) is 33.1 Å². The molecule has 0 aliphatic rings. The molecule has 4 heavy (non-hydrogen) atoms. The molecule has 0 N–H and O–H groups in total. The molecule has 0 nitrogen and oxygen atoms in total. The molecule has 0 aromatic heterocycles. The SMILES string of the molecule is [Fe][Mn][Au].[TeH2]. The first kappa shape index (κ1) is 9.76. The van der Waals surface area contributed by atoms with E-state index in [1.807, 2.05) is 0 Å². The molecule has 0 unspecified atom stereocenters. The molecule has 0 amide bonds. The molecule has 0 atom stereocenters. The van der Waals surface area contributed by atoms with Crippen molar-refractivity contribution in [3.63, 3.8) is 0 Å². The normalized spacial score (nSPS) is 4.75. The van der Waals surface area contributed by atoms with Gasteiger partial charge in [0, 0.05) is 0 Å². The molecule has 0 radical (unpaired) electrons. The third-order valence-corrected chi connectivity index (χ3v) is 0. The van der Waals surface area contributed by atoms with Gasteiger partial charge < -0.3 is 0 Å². The van der Waals surface area contributed by atoms with Crippen molar-refractivity contribution in [1.29, 1.82) is 0 Å². The van der Waals surface area contributed by atoms with Crippen LogP contribution in [0.4, 0.5) is 0 Å². The molecule has 0 fully saturated rings. The zero-order chi connectivity index (χ0) is 2.71. The summed E-state index contributed by atoms with van der Waals surface area (Å²) in [7, 11) is 0.757. The molecule has 0 saturated carbocycles. The van der Waals surface area contributed by atoms with Gasteiger partial charge in [-0.2, -0.15) is 0 Å². The molecule has 4 heteroatoms. The molecule has 0 aromatic carbocycles. The van der Waals surface area contributed by atoms with Crippen LogP contribution >= 0.6 is 0 Å². The van der Waals surface area contributed by atoms with E-state index in [1.165, 1.54) is 0 Å². The summed E-state index contributed by atoms with van der Waals surface area (Å²) in [6, 6.07) is 0. The molecular formula is H2AuFeMnTe.